The number of hydrogen-bond acceptors (Lipinski definition) is 3. The van der Waals surface area contributed by atoms with Crippen LogP contribution in [0.15, 0.2) is 30.5 Å². The van der Waals surface area contributed by atoms with Gasteiger partial charge in [0, 0.05) is 13.1 Å². The zero-order chi connectivity index (χ0) is 19.1. The normalized spacial score (nSPS) is 17.5. The molecule has 1 saturated heterocycles. The van der Waals surface area contributed by atoms with Gasteiger partial charge in [-0.1, -0.05) is 0 Å². The van der Waals surface area contributed by atoms with Gasteiger partial charge in [-0.15, -0.1) is 0 Å². The molecular formula is C16H13F4N3O3. The predicted molar refractivity (Wildman–Crippen MR) is 80.2 cm³/mol. The summed E-state index contributed by atoms with van der Waals surface area (Å²) < 4.78 is 54.2. The van der Waals surface area contributed by atoms with Crippen molar-refractivity contribution >= 4 is 11.9 Å². The molecule has 26 heavy (non-hydrogen) atoms. The highest BCUT2D eigenvalue weighted by Crippen LogP contribution is 2.34. The molecule has 1 aromatic heterocycles. The number of likely N-dealkylation sites (tertiary alicyclic amines) is 1. The van der Waals surface area contributed by atoms with Crippen molar-refractivity contribution in [3.8, 4) is 5.69 Å². The molecule has 1 N–H and O–H groups in total. The highest BCUT2D eigenvalue weighted by molar-refractivity contribution is 5.96. The summed E-state index contributed by atoms with van der Waals surface area (Å²) >= 11 is 0. The summed E-state index contributed by atoms with van der Waals surface area (Å²) in [6.07, 6.45) is -3.92. The average Bonchev–Trinajstić information content (AvgIpc) is 3.22. The zero-order valence-corrected chi connectivity index (χ0v) is 13.2. The molecule has 0 spiro atoms. The predicted octanol–water partition coefficient (Wildman–Crippen LogP) is 2.58. The van der Waals surface area contributed by atoms with E-state index in [0.29, 0.717) is 4.68 Å². The summed E-state index contributed by atoms with van der Waals surface area (Å²) in [7, 11) is 0. The van der Waals surface area contributed by atoms with E-state index in [2.05, 4.69) is 5.10 Å². The van der Waals surface area contributed by atoms with Gasteiger partial charge in [0.15, 0.2) is 5.69 Å². The Morgan fingerprint density at radius 1 is 1.19 bits per heavy atom. The Kier molecular flexibility index (Phi) is 4.43. The standard InChI is InChI=1S/C16H13F4N3O3/c17-10-1-3-11(4-2-10)23-13(16(18,19)20)12(7-21-23)14(24)22-6-5-9(8-22)15(25)26/h1-4,7,9H,5-6,8H2,(H,25,26). The molecule has 1 fully saturated rings. The lowest BCUT2D eigenvalue weighted by molar-refractivity contribution is -0.143. The maximum Gasteiger partial charge on any atom is 0.434 e. The van der Waals surface area contributed by atoms with E-state index in [1.165, 1.54) is 0 Å². The molecule has 6 nitrogen and oxygen atoms in total. The Morgan fingerprint density at radius 2 is 1.85 bits per heavy atom. The third-order valence-electron chi connectivity index (χ3n) is 4.16. The van der Waals surface area contributed by atoms with E-state index >= 15 is 0 Å². The lowest BCUT2D eigenvalue weighted by Gasteiger charge is -2.17. The van der Waals surface area contributed by atoms with Gasteiger partial charge in [0.05, 0.1) is 23.4 Å². The maximum absolute atomic E-state index is 13.6. The van der Waals surface area contributed by atoms with Crippen molar-refractivity contribution in [2.75, 3.05) is 13.1 Å². The van der Waals surface area contributed by atoms with Gasteiger partial charge >= 0.3 is 12.1 Å². The number of carboxylic acids is 1. The molecule has 1 aromatic carbocycles. The summed E-state index contributed by atoms with van der Waals surface area (Å²) in [5.74, 6) is -3.46. The molecule has 1 aliphatic rings. The molecule has 0 radical (unpaired) electrons. The third-order valence-corrected chi connectivity index (χ3v) is 4.16. The van der Waals surface area contributed by atoms with Crippen molar-refractivity contribution in [3.05, 3.63) is 47.5 Å². The van der Waals surface area contributed by atoms with Crippen molar-refractivity contribution in [1.82, 2.24) is 14.7 Å². The van der Waals surface area contributed by atoms with Crippen LogP contribution >= 0.6 is 0 Å². The van der Waals surface area contributed by atoms with Gasteiger partial charge in [0.2, 0.25) is 0 Å². The summed E-state index contributed by atoms with van der Waals surface area (Å²) in [6, 6.07) is 4.19. The number of amides is 1. The number of benzene rings is 1. The van der Waals surface area contributed by atoms with Gasteiger partial charge in [-0.25, -0.2) is 9.07 Å². The van der Waals surface area contributed by atoms with Crippen molar-refractivity contribution in [2.24, 2.45) is 5.92 Å². The fourth-order valence-corrected chi connectivity index (χ4v) is 2.87. The second kappa shape index (κ2) is 6.43. The highest BCUT2D eigenvalue weighted by Gasteiger charge is 2.42. The Morgan fingerprint density at radius 3 is 2.38 bits per heavy atom. The Bertz CT molecular complexity index is 845. The first-order valence-electron chi connectivity index (χ1n) is 7.61. The molecule has 0 saturated carbocycles. The van der Waals surface area contributed by atoms with Crippen LogP contribution in [0.4, 0.5) is 17.6 Å². The van der Waals surface area contributed by atoms with E-state index < -0.39 is 41.0 Å². The van der Waals surface area contributed by atoms with Crippen molar-refractivity contribution in [1.29, 1.82) is 0 Å². The number of halogens is 4. The van der Waals surface area contributed by atoms with E-state index in [1.54, 1.807) is 0 Å². The average molecular weight is 371 g/mol. The maximum atomic E-state index is 13.6. The van der Waals surface area contributed by atoms with Crippen LogP contribution in [0.2, 0.25) is 0 Å². The van der Waals surface area contributed by atoms with Gasteiger partial charge in [-0.3, -0.25) is 9.59 Å². The molecule has 2 heterocycles. The van der Waals surface area contributed by atoms with E-state index in [1.807, 2.05) is 0 Å². The number of hydrogen-bond donors (Lipinski definition) is 1. The Balaban J connectivity index is 1.99. The molecule has 1 unspecified atom stereocenters. The molecular weight excluding hydrogens is 358 g/mol. The number of carboxylic acid groups (broad SMARTS) is 1. The molecule has 0 aliphatic carbocycles. The van der Waals surface area contributed by atoms with Crippen molar-refractivity contribution in [2.45, 2.75) is 12.6 Å². The minimum atomic E-state index is -4.89. The van der Waals surface area contributed by atoms with E-state index in [0.717, 1.165) is 35.4 Å². The summed E-state index contributed by atoms with van der Waals surface area (Å²) in [5.41, 5.74) is -2.01. The number of aliphatic carboxylic acids is 1. The van der Waals surface area contributed by atoms with Gasteiger partial charge in [0.1, 0.15) is 5.82 Å². The Labute approximate surface area is 144 Å². The Hall–Kier alpha value is -2.91. The molecule has 0 bridgehead atoms. The van der Waals surface area contributed by atoms with Crippen LogP contribution in [0, 0.1) is 11.7 Å². The van der Waals surface area contributed by atoms with Crippen LogP contribution in [0.25, 0.3) is 5.69 Å². The van der Waals surface area contributed by atoms with Crippen LogP contribution in [0.5, 0.6) is 0 Å². The van der Waals surface area contributed by atoms with Crippen molar-refractivity contribution < 1.29 is 32.3 Å². The number of alkyl halides is 3. The van der Waals surface area contributed by atoms with Crippen molar-refractivity contribution in [3.63, 3.8) is 0 Å². The molecule has 1 amide bonds. The first-order valence-corrected chi connectivity index (χ1v) is 7.61. The number of nitrogens with zero attached hydrogens (tertiary/aromatic N) is 3. The second-order valence-electron chi connectivity index (χ2n) is 5.87. The van der Waals surface area contributed by atoms with Gasteiger partial charge in [0.25, 0.3) is 5.91 Å². The number of rotatable bonds is 3. The van der Waals surface area contributed by atoms with Crippen LogP contribution < -0.4 is 0 Å². The molecule has 10 heteroatoms. The second-order valence-corrected chi connectivity index (χ2v) is 5.87. The fourth-order valence-electron chi connectivity index (χ4n) is 2.87. The van der Waals surface area contributed by atoms with Crippen LogP contribution in [0.1, 0.15) is 22.5 Å². The number of carbonyl (C=O) groups is 2. The largest absolute Gasteiger partial charge is 0.481 e. The summed E-state index contributed by atoms with van der Waals surface area (Å²) in [6.45, 7) is -0.109. The highest BCUT2D eigenvalue weighted by atomic mass is 19.4. The summed E-state index contributed by atoms with van der Waals surface area (Å²) in [5, 5.41) is 12.6. The van der Waals surface area contributed by atoms with Crippen LogP contribution in [-0.4, -0.2) is 44.8 Å². The quantitative estimate of drug-likeness (QED) is 0.842. The summed E-state index contributed by atoms with van der Waals surface area (Å²) in [4.78, 5) is 24.6. The zero-order valence-electron chi connectivity index (χ0n) is 13.2. The lowest BCUT2D eigenvalue weighted by atomic mass is 10.1. The smallest absolute Gasteiger partial charge is 0.434 e. The first-order chi connectivity index (χ1) is 12.2. The lowest BCUT2D eigenvalue weighted by Crippen LogP contribution is -2.31. The fraction of sp³-hybridized carbons (Fsp3) is 0.312. The number of carbonyl (C=O) groups excluding carboxylic acids is 1. The van der Waals surface area contributed by atoms with E-state index in [-0.39, 0.29) is 25.2 Å². The van der Waals surface area contributed by atoms with Crippen LogP contribution in [0.3, 0.4) is 0 Å². The molecule has 1 aliphatic heterocycles. The van der Waals surface area contributed by atoms with Gasteiger partial charge in [-0.2, -0.15) is 18.3 Å². The van der Waals surface area contributed by atoms with E-state index in [9.17, 15) is 27.2 Å². The van der Waals surface area contributed by atoms with Crippen LogP contribution in [-0.2, 0) is 11.0 Å². The minimum absolute atomic E-state index is 0.0504. The topological polar surface area (TPSA) is 75.4 Å². The third kappa shape index (κ3) is 3.26. The molecule has 2 aromatic rings. The first kappa shape index (κ1) is 17.9. The SMILES string of the molecule is O=C(O)C1CCN(C(=O)c2cnn(-c3ccc(F)cc3)c2C(F)(F)F)C1. The molecule has 3 rings (SSSR count). The molecule has 1 atom stereocenters. The van der Waals surface area contributed by atoms with E-state index in [4.69, 9.17) is 5.11 Å². The van der Waals surface area contributed by atoms with Gasteiger partial charge < -0.3 is 10.0 Å². The van der Waals surface area contributed by atoms with Gasteiger partial charge in [-0.05, 0) is 30.7 Å². The minimum Gasteiger partial charge on any atom is -0.481 e. The molecule has 138 valence electrons. The number of aromatic nitrogens is 2. The monoisotopic (exact) mass is 371 g/mol.